The van der Waals surface area contributed by atoms with E-state index in [4.69, 9.17) is 4.74 Å². The fourth-order valence-electron chi connectivity index (χ4n) is 1.40. The lowest BCUT2D eigenvalue weighted by molar-refractivity contribution is -0.141. The fourth-order valence-corrected chi connectivity index (χ4v) is 1.40. The van der Waals surface area contributed by atoms with E-state index < -0.39 is 0 Å². The third-order valence-corrected chi connectivity index (χ3v) is 2.12. The van der Waals surface area contributed by atoms with E-state index in [1.54, 1.807) is 6.92 Å². The molecule has 0 spiro atoms. The summed E-state index contributed by atoms with van der Waals surface area (Å²) in [7, 11) is 0. The molecule has 0 atom stereocenters. The molecular formula is C10H19ClN2O2. The summed E-state index contributed by atoms with van der Waals surface area (Å²) in [5.74, 6) is 0.745. The highest BCUT2D eigenvalue weighted by molar-refractivity contribution is 5.86. The number of halogens is 1. The zero-order valence-electron chi connectivity index (χ0n) is 9.12. The molecule has 15 heavy (non-hydrogen) atoms. The van der Waals surface area contributed by atoms with E-state index in [-0.39, 0.29) is 24.9 Å². The van der Waals surface area contributed by atoms with Crippen molar-refractivity contribution in [1.29, 1.82) is 0 Å². The van der Waals surface area contributed by atoms with Gasteiger partial charge in [-0.15, -0.1) is 12.4 Å². The number of esters is 1. The van der Waals surface area contributed by atoms with Crippen LogP contribution in [-0.2, 0) is 9.53 Å². The lowest BCUT2D eigenvalue weighted by Crippen LogP contribution is -2.30. The Kier molecular flexibility index (Phi) is 8.09. The standard InChI is InChI=1S/C10H18N2O2.ClH/c1-2-14-10(13)8-12-9-6-4-3-5-7-11-9;/h2-8H2,1H3,(H,11,12);1H. The van der Waals surface area contributed by atoms with Crippen LogP contribution in [0.5, 0.6) is 0 Å². The van der Waals surface area contributed by atoms with E-state index in [2.05, 4.69) is 10.3 Å². The minimum Gasteiger partial charge on any atom is -0.465 e. The number of amidine groups is 1. The molecule has 4 nitrogen and oxygen atoms in total. The summed E-state index contributed by atoms with van der Waals surface area (Å²) in [6.07, 6.45) is 4.51. The van der Waals surface area contributed by atoms with Crippen LogP contribution in [0.3, 0.4) is 0 Å². The largest absolute Gasteiger partial charge is 0.465 e. The Hall–Kier alpha value is -0.770. The van der Waals surface area contributed by atoms with E-state index >= 15 is 0 Å². The number of carbonyl (C=O) groups excluding carboxylic acids is 1. The highest BCUT2D eigenvalue weighted by Crippen LogP contribution is 2.05. The Morgan fingerprint density at radius 2 is 2.27 bits per heavy atom. The second kappa shape index (κ2) is 8.53. The topological polar surface area (TPSA) is 50.7 Å². The van der Waals surface area contributed by atoms with Gasteiger partial charge in [-0.1, -0.05) is 6.42 Å². The molecule has 0 saturated heterocycles. The van der Waals surface area contributed by atoms with Crippen LogP contribution in [0, 0.1) is 0 Å². The van der Waals surface area contributed by atoms with E-state index in [0.29, 0.717) is 6.61 Å². The molecule has 0 saturated carbocycles. The highest BCUT2D eigenvalue weighted by atomic mass is 35.5. The molecule has 0 aliphatic carbocycles. The van der Waals surface area contributed by atoms with Crippen LogP contribution in [0.2, 0.25) is 0 Å². The normalized spacial score (nSPS) is 15.7. The van der Waals surface area contributed by atoms with Crippen LogP contribution in [0.4, 0.5) is 0 Å². The Balaban J connectivity index is 0.00000196. The lowest BCUT2D eigenvalue weighted by Gasteiger charge is -2.07. The molecule has 88 valence electrons. The molecule has 0 aromatic rings. The van der Waals surface area contributed by atoms with E-state index in [0.717, 1.165) is 31.6 Å². The summed E-state index contributed by atoms with van der Waals surface area (Å²) < 4.78 is 4.81. The second-order valence-corrected chi connectivity index (χ2v) is 3.30. The Labute approximate surface area is 96.9 Å². The molecule has 0 unspecified atom stereocenters. The fraction of sp³-hybridized carbons (Fsp3) is 0.800. The van der Waals surface area contributed by atoms with Gasteiger partial charge in [0.1, 0.15) is 6.54 Å². The van der Waals surface area contributed by atoms with E-state index in [9.17, 15) is 4.79 Å². The van der Waals surface area contributed by atoms with E-state index in [1.807, 2.05) is 0 Å². The molecule has 1 aliphatic heterocycles. The molecule has 1 N–H and O–H groups in total. The van der Waals surface area contributed by atoms with Crippen molar-refractivity contribution >= 4 is 24.2 Å². The molecule has 0 aromatic heterocycles. The van der Waals surface area contributed by atoms with Gasteiger partial charge in [-0.2, -0.15) is 0 Å². The summed E-state index contributed by atoms with van der Waals surface area (Å²) in [6.45, 7) is 3.37. The summed E-state index contributed by atoms with van der Waals surface area (Å²) >= 11 is 0. The summed E-state index contributed by atoms with van der Waals surface area (Å²) in [4.78, 5) is 15.4. The number of aliphatic imine (C=N–C) groups is 1. The van der Waals surface area contributed by atoms with Crippen LogP contribution in [0.25, 0.3) is 0 Å². The van der Waals surface area contributed by atoms with Gasteiger partial charge in [0.05, 0.1) is 12.4 Å². The van der Waals surface area contributed by atoms with Gasteiger partial charge >= 0.3 is 5.97 Å². The maximum absolute atomic E-state index is 11.0. The SMILES string of the molecule is CCOC(=O)CNC1=NCCCCC1.Cl. The predicted molar refractivity (Wildman–Crippen MR) is 62.7 cm³/mol. The zero-order valence-corrected chi connectivity index (χ0v) is 9.94. The van der Waals surface area contributed by atoms with Crippen molar-refractivity contribution in [3.63, 3.8) is 0 Å². The van der Waals surface area contributed by atoms with Gasteiger partial charge in [-0.25, -0.2) is 0 Å². The zero-order chi connectivity index (χ0) is 10.2. The first-order valence-electron chi connectivity index (χ1n) is 5.25. The van der Waals surface area contributed by atoms with Crippen LogP contribution < -0.4 is 5.32 Å². The van der Waals surface area contributed by atoms with E-state index in [1.165, 1.54) is 6.42 Å². The average Bonchev–Trinajstić information content (AvgIpc) is 2.43. The smallest absolute Gasteiger partial charge is 0.325 e. The van der Waals surface area contributed by atoms with Crippen LogP contribution >= 0.6 is 12.4 Å². The maximum atomic E-state index is 11.0. The quantitative estimate of drug-likeness (QED) is 0.754. The molecule has 0 radical (unpaired) electrons. The molecular weight excluding hydrogens is 216 g/mol. The molecule has 5 heteroatoms. The van der Waals surface area contributed by atoms with Gasteiger partial charge in [0.2, 0.25) is 0 Å². The molecule has 1 aliphatic rings. The number of hydrogen-bond donors (Lipinski definition) is 1. The molecule has 0 aromatic carbocycles. The van der Waals surface area contributed by atoms with Gasteiger partial charge in [0.15, 0.2) is 0 Å². The number of ether oxygens (including phenoxy) is 1. The lowest BCUT2D eigenvalue weighted by atomic mass is 10.2. The average molecular weight is 235 g/mol. The maximum Gasteiger partial charge on any atom is 0.325 e. The van der Waals surface area contributed by atoms with Gasteiger partial charge in [-0.3, -0.25) is 9.79 Å². The second-order valence-electron chi connectivity index (χ2n) is 3.30. The van der Waals surface area contributed by atoms with Gasteiger partial charge in [0.25, 0.3) is 0 Å². The summed E-state index contributed by atoms with van der Waals surface area (Å²) in [5.41, 5.74) is 0. The van der Waals surface area contributed by atoms with Crippen LogP contribution in [0.15, 0.2) is 4.99 Å². The monoisotopic (exact) mass is 234 g/mol. The molecule has 1 rings (SSSR count). The number of hydrogen-bond acceptors (Lipinski definition) is 4. The highest BCUT2D eigenvalue weighted by Gasteiger charge is 2.06. The molecule has 0 fully saturated rings. The molecule has 0 amide bonds. The van der Waals surface area contributed by atoms with Crippen molar-refractivity contribution in [3.05, 3.63) is 0 Å². The van der Waals surface area contributed by atoms with Crippen molar-refractivity contribution in [2.45, 2.75) is 32.6 Å². The number of rotatable bonds is 3. The van der Waals surface area contributed by atoms with Crippen molar-refractivity contribution < 1.29 is 9.53 Å². The summed E-state index contributed by atoms with van der Waals surface area (Å²) in [5, 5.41) is 3.02. The molecule has 0 bridgehead atoms. The Morgan fingerprint density at radius 3 is 3.00 bits per heavy atom. The van der Waals surface area contributed by atoms with Gasteiger partial charge in [0, 0.05) is 13.0 Å². The predicted octanol–water partition coefficient (Wildman–Crippen LogP) is 1.53. The summed E-state index contributed by atoms with van der Waals surface area (Å²) in [6, 6.07) is 0. The number of nitrogens with zero attached hydrogens (tertiary/aromatic N) is 1. The number of carbonyl (C=O) groups is 1. The first-order chi connectivity index (χ1) is 6.83. The first-order valence-corrected chi connectivity index (χ1v) is 5.25. The number of nitrogens with one attached hydrogen (secondary N) is 1. The van der Waals surface area contributed by atoms with Crippen LogP contribution in [-0.4, -0.2) is 31.5 Å². The van der Waals surface area contributed by atoms with Gasteiger partial charge < -0.3 is 10.1 Å². The van der Waals surface area contributed by atoms with Crippen LogP contribution in [0.1, 0.15) is 32.6 Å². The van der Waals surface area contributed by atoms with Crippen molar-refractivity contribution in [2.24, 2.45) is 4.99 Å². The van der Waals surface area contributed by atoms with Crippen molar-refractivity contribution in [2.75, 3.05) is 19.7 Å². The molecule has 1 heterocycles. The Morgan fingerprint density at radius 1 is 1.47 bits per heavy atom. The third kappa shape index (κ3) is 6.33. The van der Waals surface area contributed by atoms with Crippen molar-refractivity contribution in [3.8, 4) is 0 Å². The third-order valence-electron chi connectivity index (χ3n) is 2.12. The first kappa shape index (κ1) is 14.2. The minimum atomic E-state index is -0.209. The Bertz CT molecular complexity index is 219. The van der Waals surface area contributed by atoms with Gasteiger partial charge in [-0.05, 0) is 19.8 Å². The van der Waals surface area contributed by atoms with Crippen molar-refractivity contribution in [1.82, 2.24) is 5.32 Å². The minimum absolute atomic E-state index is 0.